The largest absolute Gasteiger partial charge is 0.471 e. The lowest BCUT2D eigenvalue weighted by Gasteiger charge is -2.34. The number of rotatable bonds is 6. The average molecular weight is 310 g/mol. The first-order valence-corrected chi connectivity index (χ1v) is 3.99. The Hall–Kier alpha value is -1.20. The van der Waals surface area contributed by atoms with Crippen LogP contribution in [0.4, 0.5) is 43.9 Å². The van der Waals surface area contributed by atoms with E-state index in [0.717, 1.165) is 0 Å². The molecule has 2 nitrogen and oxygen atoms in total. The summed E-state index contributed by atoms with van der Waals surface area (Å²) < 4.78 is 127. The van der Waals surface area contributed by atoms with Gasteiger partial charge >= 0.3 is 24.2 Å². The van der Waals surface area contributed by atoms with Crippen LogP contribution in [-0.4, -0.2) is 30.9 Å². The Labute approximate surface area is 98.1 Å². The molecular weight excluding hydrogens is 306 g/mol. The summed E-state index contributed by atoms with van der Waals surface area (Å²) in [5, 5.41) is 0. The monoisotopic (exact) mass is 310 g/mol. The summed E-state index contributed by atoms with van der Waals surface area (Å²) in [5.41, 5.74) is 0. The maximum absolute atomic E-state index is 13.0. The van der Waals surface area contributed by atoms with Gasteiger partial charge in [-0.1, -0.05) is 0 Å². The van der Waals surface area contributed by atoms with Gasteiger partial charge in [0.2, 0.25) is 0 Å². The van der Waals surface area contributed by atoms with Crippen molar-refractivity contribution in [3.05, 3.63) is 12.6 Å². The number of ether oxygens (including phenoxy) is 2. The van der Waals surface area contributed by atoms with Gasteiger partial charge in [0, 0.05) is 0 Å². The van der Waals surface area contributed by atoms with Crippen LogP contribution < -0.4 is 0 Å². The van der Waals surface area contributed by atoms with E-state index in [1.807, 2.05) is 6.58 Å². The van der Waals surface area contributed by atoms with Crippen LogP contribution in [0.25, 0.3) is 0 Å². The highest BCUT2D eigenvalue weighted by molar-refractivity contribution is 4.90. The van der Waals surface area contributed by atoms with Gasteiger partial charge in [-0.15, -0.1) is 0 Å². The maximum atomic E-state index is 13.0. The molecule has 0 aliphatic rings. The van der Waals surface area contributed by atoms with Crippen LogP contribution in [0, 0.1) is 0 Å². The van der Waals surface area contributed by atoms with Gasteiger partial charge in [-0.2, -0.15) is 39.5 Å². The predicted octanol–water partition coefficient (Wildman–Crippen LogP) is 3.84. The molecule has 0 saturated carbocycles. The summed E-state index contributed by atoms with van der Waals surface area (Å²) in [6.45, 7) is -1.11. The first kappa shape index (κ1) is 17.8. The molecule has 0 saturated heterocycles. The zero-order chi connectivity index (χ0) is 15.7. The van der Waals surface area contributed by atoms with Crippen molar-refractivity contribution in [2.24, 2.45) is 0 Å². The van der Waals surface area contributed by atoms with Gasteiger partial charge in [0.25, 0.3) is 6.01 Å². The van der Waals surface area contributed by atoms with Gasteiger partial charge in [-0.05, 0) is 6.58 Å². The molecule has 0 aromatic carbocycles. The summed E-state index contributed by atoms with van der Waals surface area (Å²) in [4.78, 5) is 0. The van der Waals surface area contributed by atoms with Crippen LogP contribution in [-0.2, 0) is 9.47 Å². The third kappa shape index (κ3) is 3.88. The van der Waals surface area contributed by atoms with Crippen molar-refractivity contribution in [1.82, 2.24) is 0 Å². The molecule has 0 amide bonds. The molecule has 12 heteroatoms. The molecule has 19 heavy (non-hydrogen) atoms. The first-order chi connectivity index (χ1) is 8.18. The molecule has 0 rings (SSSR count). The fourth-order valence-corrected chi connectivity index (χ4v) is 0.720. The summed E-state index contributed by atoms with van der Waals surface area (Å²) in [5.74, 6) is -6.50. The van der Waals surface area contributed by atoms with Crippen LogP contribution in [0.1, 0.15) is 0 Å². The molecule has 0 N–H and O–H groups in total. The van der Waals surface area contributed by atoms with E-state index < -0.39 is 36.9 Å². The van der Waals surface area contributed by atoms with Crippen molar-refractivity contribution in [2.75, 3.05) is 6.67 Å². The average Bonchev–Trinajstić information content (AvgIpc) is 2.12. The highest BCUT2D eigenvalue weighted by Gasteiger charge is 2.78. The molecular formula is C7H4F10O2. The van der Waals surface area contributed by atoms with E-state index in [2.05, 4.69) is 9.47 Å². The highest BCUT2D eigenvalue weighted by Crippen LogP contribution is 2.50. The second kappa shape index (κ2) is 5.06. The number of hydrogen-bond donors (Lipinski definition) is 0. The molecule has 0 aliphatic heterocycles. The summed E-state index contributed by atoms with van der Waals surface area (Å²) in [7, 11) is 0. The SMILES string of the molecule is C=C(F)OC(F)(F)C(F)(OC(F)(F)CF)C(F)(F)F. The van der Waals surface area contributed by atoms with Crippen molar-refractivity contribution in [3.8, 4) is 0 Å². The zero-order valence-electron chi connectivity index (χ0n) is 8.51. The molecule has 0 aromatic rings. The summed E-state index contributed by atoms with van der Waals surface area (Å²) in [6.07, 6.45) is -18.6. The smallest absolute Gasteiger partial charge is 0.402 e. The minimum absolute atomic E-state index is 1.93. The standard InChI is InChI=1S/C7H4F10O2/c1-3(9)18-7(16,17)5(12,6(13,14)15)19-4(10,11)2-8/h1-2H2. The third-order valence-corrected chi connectivity index (χ3v) is 1.42. The number of hydrogen-bond acceptors (Lipinski definition) is 2. The van der Waals surface area contributed by atoms with Crippen LogP contribution in [0.15, 0.2) is 12.6 Å². The zero-order valence-corrected chi connectivity index (χ0v) is 8.51. The Bertz CT molecular complexity index is 337. The lowest BCUT2D eigenvalue weighted by molar-refractivity contribution is -0.497. The van der Waals surface area contributed by atoms with Crippen molar-refractivity contribution < 1.29 is 53.4 Å². The molecule has 0 aromatic heterocycles. The fraction of sp³-hybridized carbons (Fsp3) is 0.714. The maximum Gasteiger partial charge on any atom is 0.471 e. The van der Waals surface area contributed by atoms with Gasteiger partial charge < -0.3 is 4.74 Å². The van der Waals surface area contributed by atoms with Gasteiger partial charge in [0.05, 0.1) is 0 Å². The lowest BCUT2D eigenvalue weighted by Crippen LogP contribution is -2.61. The van der Waals surface area contributed by atoms with E-state index in [1.165, 1.54) is 0 Å². The van der Waals surface area contributed by atoms with Crippen molar-refractivity contribution in [1.29, 1.82) is 0 Å². The number of halogens is 10. The molecule has 0 spiro atoms. The second-order valence-electron chi connectivity index (χ2n) is 2.94. The van der Waals surface area contributed by atoms with Gasteiger partial charge in [0.1, 0.15) is 0 Å². The summed E-state index contributed by atoms with van der Waals surface area (Å²) >= 11 is 0. The highest BCUT2D eigenvalue weighted by atomic mass is 19.4. The van der Waals surface area contributed by atoms with Gasteiger partial charge in [0.15, 0.2) is 6.67 Å². The van der Waals surface area contributed by atoms with E-state index >= 15 is 0 Å². The Morgan fingerprint density at radius 3 is 1.63 bits per heavy atom. The molecule has 0 aliphatic carbocycles. The number of alkyl halides is 9. The molecule has 0 radical (unpaired) electrons. The van der Waals surface area contributed by atoms with Crippen LogP contribution in [0.5, 0.6) is 0 Å². The Morgan fingerprint density at radius 1 is 0.947 bits per heavy atom. The van der Waals surface area contributed by atoms with Crippen molar-refractivity contribution in [3.63, 3.8) is 0 Å². The molecule has 1 unspecified atom stereocenters. The molecule has 0 fully saturated rings. The molecule has 0 heterocycles. The Kier molecular flexibility index (Phi) is 4.74. The lowest BCUT2D eigenvalue weighted by atomic mass is 10.2. The fourth-order valence-electron chi connectivity index (χ4n) is 0.720. The van der Waals surface area contributed by atoms with Crippen molar-refractivity contribution >= 4 is 0 Å². The minimum atomic E-state index is -6.79. The molecule has 114 valence electrons. The Balaban J connectivity index is 5.61. The molecule has 0 bridgehead atoms. The Morgan fingerprint density at radius 2 is 1.37 bits per heavy atom. The third-order valence-electron chi connectivity index (χ3n) is 1.42. The quantitative estimate of drug-likeness (QED) is 0.548. The molecule has 1 atom stereocenters. The van der Waals surface area contributed by atoms with Crippen LogP contribution in [0.2, 0.25) is 0 Å². The second-order valence-corrected chi connectivity index (χ2v) is 2.94. The minimum Gasteiger partial charge on any atom is -0.402 e. The summed E-state index contributed by atoms with van der Waals surface area (Å²) in [6, 6.07) is -2.61. The van der Waals surface area contributed by atoms with E-state index in [-0.39, 0.29) is 0 Å². The van der Waals surface area contributed by atoms with Crippen molar-refractivity contribution in [2.45, 2.75) is 24.2 Å². The van der Waals surface area contributed by atoms with Crippen LogP contribution in [0.3, 0.4) is 0 Å². The van der Waals surface area contributed by atoms with E-state index in [0.29, 0.717) is 0 Å². The van der Waals surface area contributed by atoms with E-state index in [1.54, 1.807) is 0 Å². The van der Waals surface area contributed by atoms with Crippen LogP contribution >= 0.6 is 0 Å². The van der Waals surface area contributed by atoms with Gasteiger partial charge in [-0.25, -0.2) is 4.39 Å². The topological polar surface area (TPSA) is 18.5 Å². The predicted molar refractivity (Wildman–Crippen MR) is 38.2 cm³/mol. The van der Waals surface area contributed by atoms with Gasteiger partial charge in [-0.3, -0.25) is 4.74 Å². The van der Waals surface area contributed by atoms with E-state index in [9.17, 15) is 43.9 Å². The first-order valence-electron chi connectivity index (χ1n) is 3.99. The van der Waals surface area contributed by atoms with E-state index in [4.69, 9.17) is 0 Å². The normalized spacial score (nSPS) is 16.9.